The summed E-state index contributed by atoms with van der Waals surface area (Å²) >= 11 is 1.87. The molecule has 5 rings (SSSR count). The van der Waals surface area contributed by atoms with E-state index in [0.29, 0.717) is 64.5 Å². The maximum Gasteiger partial charge on any atom is 0.315 e. The Morgan fingerprint density at radius 3 is 1.72 bits per heavy atom. The molecule has 0 bridgehead atoms. The summed E-state index contributed by atoms with van der Waals surface area (Å²) in [7, 11) is 0. The first-order valence-corrected chi connectivity index (χ1v) is 23.5. The van der Waals surface area contributed by atoms with Crippen molar-refractivity contribution in [1.82, 2.24) is 16.0 Å². The number of amides is 3. The number of fused-ring (bicyclic) bond motifs is 1. The quantitative estimate of drug-likeness (QED) is 0.0248. The van der Waals surface area contributed by atoms with E-state index in [4.69, 9.17) is 52.1 Å². The van der Waals surface area contributed by atoms with Crippen molar-refractivity contribution in [2.24, 2.45) is 0 Å². The zero-order valence-corrected chi connectivity index (χ0v) is 37.7. The number of ether oxygens (including phenoxy) is 11. The van der Waals surface area contributed by atoms with Crippen LogP contribution in [-0.2, 0) is 56.9 Å². The van der Waals surface area contributed by atoms with Crippen LogP contribution in [0.2, 0.25) is 0 Å². The third kappa shape index (κ3) is 16.2. The Labute approximate surface area is 382 Å². The number of hydrogen-bond acceptors (Lipinski definition) is 22. The molecule has 0 aromatic heterocycles. The summed E-state index contributed by atoms with van der Waals surface area (Å²) in [6.07, 6.45) is -19.0. The number of unbranched alkanes of at least 4 members (excludes halogenated alkanes) is 1. The summed E-state index contributed by atoms with van der Waals surface area (Å²) in [4.78, 5) is 23.6. The molecule has 0 radical (unpaired) electrons. The van der Waals surface area contributed by atoms with Crippen molar-refractivity contribution in [3.8, 4) is 0 Å². The SMILES string of the molecule is C[C@@H]1O[C@@H](O[C@H]2[C@H](OCCOCCOCCOCCOCCOCCNC(=O)CCCC[C@@H]3SC[C@@H]4NC(=O)N[C@@H]43)O[C@H](CO)[C@@H](O[C@@H]3O[C@@H](C)[C@H](O)[C@@H](O)[C@H]3O)[C@@H]2O)[C@H](O)[C@H](O)[C@H]1O. The normalized spacial score (nSPS) is 38.3. The van der Waals surface area contributed by atoms with Crippen molar-refractivity contribution in [3.05, 3.63) is 0 Å². The van der Waals surface area contributed by atoms with Gasteiger partial charge in [-0.05, 0) is 26.7 Å². The van der Waals surface area contributed by atoms with Gasteiger partial charge in [-0.25, -0.2) is 4.79 Å². The van der Waals surface area contributed by atoms with Crippen LogP contribution >= 0.6 is 11.8 Å². The van der Waals surface area contributed by atoms with Gasteiger partial charge < -0.3 is 109 Å². The average molecular weight is 962 g/mol. The van der Waals surface area contributed by atoms with Gasteiger partial charge in [0.2, 0.25) is 5.91 Å². The molecule has 0 aromatic rings. The Morgan fingerprint density at radius 1 is 0.646 bits per heavy atom. The molecule has 0 aromatic carbocycles. The van der Waals surface area contributed by atoms with Crippen LogP contribution in [0.4, 0.5) is 4.79 Å². The first-order chi connectivity index (χ1) is 31.3. The monoisotopic (exact) mass is 961 g/mol. The predicted molar refractivity (Wildman–Crippen MR) is 223 cm³/mol. The van der Waals surface area contributed by atoms with Gasteiger partial charge in [0.05, 0.1) is 104 Å². The van der Waals surface area contributed by atoms with Gasteiger partial charge >= 0.3 is 6.03 Å². The maximum atomic E-state index is 12.1. The van der Waals surface area contributed by atoms with E-state index in [2.05, 4.69) is 16.0 Å². The number of carbonyl (C=O) groups is 2. The van der Waals surface area contributed by atoms with Crippen molar-refractivity contribution in [2.45, 2.75) is 149 Å². The van der Waals surface area contributed by atoms with Gasteiger partial charge in [-0.1, -0.05) is 6.42 Å². The Hall–Kier alpha value is -1.67. The Kier molecular flexibility index (Phi) is 23.5. The molecular weight excluding hydrogens is 891 g/mol. The Morgan fingerprint density at radius 2 is 1.17 bits per heavy atom. The number of nitrogens with one attached hydrogen (secondary N) is 3. The average Bonchev–Trinajstić information content (AvgIpc) is 3.85. The van der Waals surface area contributed by atoms with Crippen LogP contribution in [0.3, 0.4) is 0 Å². The highest BCUT2D eigenvalue weighted by atomic mass is 32.2. The van der Waals surface area contributed by atoms with E-state index in [-0.39, 0.29) is 50.4 Å². The summed E-state index contributed by atoms with van der Waals surface area (Å²) in [5, 5.41) is 92.9. The first kappa shape index (κ1) is 54.3. The third-order valence-corrected chi connectivity index (χ3v) is 13.2. The van der Waals surface area contributed by atoms with Crippen LogP contribution in [0.15, 0.2) is 0 Å². The molecule has 5 aliphatic heterocycles. The van der Waals surface area contributed by atoms with Gasteiger partial charge in [-0.3, -0.25) is 4.79 Å². The largest absolute Gasteiger partial charge is 0.394 e. The van der Waals surface area contributed by atoms with Gasteiger partial charge in [-0.15, -0.1) is 0 Å². The van der Waals surface area contributed by atoms with E-state index in [9.17, 15) is 50.4 Å². The number of aliphatic hydroxyl groups is 8. The van der Waals surface area contributed by atoms with E-state index in [1.165, 1.54) is 13.8 Å². The van der Waals surface area contributed by atoms with Gasteiger partial charge in [0.1, 0.15) is 61.0 Å². The molecule has 0 spiro atoms. The minimum absolute atomic E-state index is 0.00211. The lowest BCUT2D eigenvalue weighted by Crippen LogP contribution is -2.66. The summed E-state index contributed by atoms with van der Waals surface area (Å²) in [6.45, 7) is 5.51. The Balaban J connectivity index is 0.874. The number of aliphatic hydroxyl groups excluding tert-OH is 8. The number of thioether (sulfide) groups is 1. The van der Waals surface area contributed by atoms with Crippen molar-refractivity contribution >= 4 is 23.7 Å². The summed E-state index contributed by atoms with van der Waals surface area (Å²) in [5.74, 6) is 0.927. The molecule has 24 nitrogen and oxygen atoms in total. The van der Waals surface area contributed by atoms with Crippen LogP contribution in [0.5, 0.6) is 0 Å². The van der Waals surface area contributed by atoms with Gasteiger partial charge in [-0.2, -0.15) is 11.8 Å². The highest BCUT2D eigenvalue weighted by Crippen LogP contribution is 2.34. The van der Waals surface area contributed by atoms with Crippen LogP contribution in [-0.4, -0.2) is 254 Å². The van der Waals surface area contributed by atoms with Crippen LogP contribution in [0, 0.1) is 0 Å². The summed E-state index contributed by atoms with van der Waals surface area (Å²) < 4.78 is 62.1. The second-order valence-electron chi connectivity index (χ2n) is 16.4. The van der Waals surface area contributed by atoms with E-state index in [1.54, 1.807) is 0 Å². The lowest BCUT2D eigenvalue weighted by atomic mass is 9.96. The van der Waals surface area contributed by atoms with Crippen LogP contribution < -0.4 is 16.0 Å². The highest BCUT2D eigenvalue weighted by molar-refractivity contribution is 8.00. The molecule has 5 aliphatic rings. The minimum Gasteiger partial charge on any atom is -0.394 e. The smallest absolute Gasteiger partial charge is 0.315 e. The van der Waals surface area contributed by atoms with Crippen molar-refractivity contribution < 1.29 is 103 Å². The topological polar surface area (TPSA) is 334 Å². The molecule has 5 heterocycles. The van der Waals surface area contributed by atoms with Crippen molar-refractivity contribution in [2.75, 3.05) is 91.6 Å². The lowest BCUT2D eigenvalue weighted by Gasteiger charge is -2.48. The minimum atomic E-state index is -1.75. The van der Waals surface area contributed by atoms with Gasteiger partial charge in [0.15, 0.2) is 18.9 Å². The lowest BCUT2D eigenvalue weighted by molar-refractivity contribution is -0.385. The fourth-order valence-corrected chi connectivity index (χ4v) is 9.42. The van der Waals surface area contributed by atoms with Crippen LogP contribution in [0.25, 0.3) is 0 Å². The molecule has 11 N–H and O–H groups in total. The molecule has 65 heavy (non-hydrogen) atoms. The molecule has 5 saturated heterocycles. The summed E-state index contributed by atoms with van der Waals surface area (Å²) in [5.41, 5.74) is 0. The van der Waals surface area contributed by atoms with E-state index >= 15 is 0 Å². The molecule has 0 saturated carbocycles. The van der Waals surface area contributed by atoms with Gasteiger partial charge in [0.25, 0.3) is 0 Å². The number of hydrogen-bond donors (Lipinski definition) is 11. The first-order valence-electron chi connectivity index (χ1n) is 22.4. The molecule has 0 unspecified atom stereocenters. The van der Waals surface area contributed by atoms with E-state index < -0.39 is 98.7 Å². The summed E-state index contributed by atoms with van der Waals surface area (Å²) in [6, 6.07) is 0.313. The molecule has 0 aliphatic carbocycles. The number of urea groups is 1. The maximum absolute atomic E-state index is 12.1. The molecular formula is C40H71N3O21S. The zero-order chi connectivity index (χ0) is 46.9. The second-order valence-corrected chi connectivity index (χ2v) is 17.7. The highest BCUT2D eigenvalue weighted by Gasteiger charge is 2.53. The number of rotatable bonds is 29. The van der Waals surface area contributed by atoms with E-state index in [1.807, 2.05) is 11.8 Å². The molecule has 18 atom stereocenters. The fraction of sp³-hybridized carbons (Fsp3) is 0.950. The second kappa shape index (κ2) is 28.1. The zero-order valence-electron chi connectivity index (χ0n) is 36.9. The van der Waals surface area contributed by atoms with E-state index in [0.717, 1.165) is 25.0 Å². The molecule has 25 heteroatoms. The molecule has 3 amide bonds. The number of carbonyl (C=O) groups excluding carboxylic acids is 2. The Bertz CT molecular complexity index is 1390. The predicted octanol–water partition coefficient (Wildman–Crippen LogP) is -4.57. The van der Waals surface area contributed by atoms with Crippen LogP contribution in [0.1, 0.15) is 39.5 Å². The molecule has 378 valence electrons. The third-order valence-electron chi connectivity index (χ3n) is 11.6. The van der Waals surface area contributed by atoms with Gasteiger partial charge in [0, 0.05) is 24.0 Å². The fourth-order valence-electron chi connectivity index (χ4n) is 7.88. The van der Waals surface area contributed by atoms with Crippen molar-refractivity contribution in [1.29, 1.82) is 0 Å². The van der Waals surface area contributed by atoms with Crippen molar-refractivity contribution in [3.63, 3.8) is 0 Å². The molecule has 5 fully saturated rings. The standard InChI is InChI=1S/C40H71N3O21S/c1-21-28(46)30(48)32(50)37(60-21)63-35-24(19-44)62-39(36(34(35)52)64-38-33(51)31(49)29(47)22(2)61-38)59-18-17-58-16-15-57-14-13-56-12-11-55-10-9-54-8-7-41-26(45)6-4-3-5-25-27-23(20-65-25)42-40(53)43-27/h21-25,27-39,44,46-52H,3-20H2,1-2H3,(H,41,45)(H2,42,43,53)/t21-,22-,23-,24+,25-,27-,28-,29-,30+,31+,32+,33+,34-,35+,36+,37-,38-,39+/m0/s1.